The SMILES string of the molecule is CNc1nc([C@@H]2CCCN(CCCc3ccccc3)C2)nc2c1CN(C(C)=O)CC2. The van der Waals surface area contributed by atoms with Gasteiger partial charge in [-0.25, -0.2) is 9.97 Å². The maximum Gasteiger partial charge on any atom is 0.219 e. The van der Waals surface area contributed by atoms with Gasteiger partial charge in [0.1, 0.15) is 11.6 Å². The third-order valence-corrected chi connectivity index (χ3v) is 6.41. The number of hydrogen-bond donors (Lipinski definition) is 1. The molecule has 0 radical (unpaired) electrons. The van der Waals surface area contributed by atoms with Crippen LogP contribution in [0.25, 0.3) is 0 Å². The summed E-state index contributed by atoms with van der Waals surface area (Å²) in [5.41, 5.74) is 3.61. The minimum absolute atomic E-state index is 0.116. The smallest absolute Gasteiger partial charge is 0.219 e. The Morgan fingerprint density at radius 2 is 2.03 bits per heavy atom. The van der Waals surface area contributed by atoms with Gasteiger partial charge in [-0.2, -0.15) is 0 Å². The van der Waals surface area contributed by atoms with Crippen molar-refractivity contribution in [2.75, 3.05) is 38.5 Å². The number of rotatable bonds is 6. The van der Waals surface area contributed by atoms with Crippen molar-refractivity contribution in [2.45, 2.75) is 51.5 Å². The summed E-state index contributed by atoms with van der Waals surface area (Å²) in [7, 11) is 1.91. The van der Waals surface area contributed by atoms with Gasteiger partial charge in [0.15, 0.2) is 0 Å². The second-order valence-corrected chi connectivity index (χ2v) is 8.53. The number of carbonyl (C=O) groups excluding carboxylic acids is 1. The molecule has 1 N–H and O–H groups in total. The molecule has 1 aromatic heterocycles. The molecule has 6 heteroatoms. The van der Waals surface area contributed by atoms with Gasteiger partial charge in [0.05, 0.1) is 12.2 Å². The lowest BCUT2D eigenvalue weighted by Gasteiger charge is -2.33. The van der Waals surface area contributed by atoms with Gasteiger partial charge in [-0.15, -0.1) is 0 Å². The number of carbonyl (C=O) groups is 1. The van der Waals surface area contributed by atoms with Gasteiger partial charge in [-0.05, 0) is 44.3 Å². The van der Waals surface area contributed by atoms with Crippen molar-refractivity contribution in [3.63, 3.8) is 0 Å². The molecule has 1 fully saturated rings. The van der Waals surface area contributed by atoms with E-state index in [4.69, 9.17) is 9.97 Å². The fourth-order valence-electron chi connectivity index (χ4n) is 4.71. The van der Waals surface area contributed by atoms with Crippen LogP contribution in [0.15, 0.2) is 30.3 Å². The number of hydrogen-bond acceptors (Lipinski definition) is 5. The molecule has 30 heavy (non-hydrogen) atoms. The second-order valence-electron chi connectivity index (χ2n) is 8.53. The summed E-state index contributed by atoms with van der Waals surface area (Å²) in [4.78, 5) is 26.1. The number of aromatic nitrogens is 2. The average molecular weight is 408 g/mol. The lowest BCUT2D eigenvalue weighted by atomic mass is 9.95. The Bertz CT molecular complexity index is 852. The van der Waals surface area contributed by atoms with E-state index in [1.807, 2.05) is 11.9 Å². The first kappa shape index (κ1) is 20.8. The summed E-state index contributed by atoms with van der Waals surface area (Å²) < 4.78 is 0. The zero-order valence-corrected chi connectivity index (χ0v) is 18.2. The van der Waals surface area contributed by atoms with Crippen LogP contribution in [0, 0.1) is 0 Å². The molecule has 0 spiro atoms. The molecule has 4 rings (SSSR count). The van der Waals surface area contributed by atoms with Crippen molar-refractivity contribution in [3.05, 3.63) is 53.0 Å². The van der Waals surface area contributed by atoms with Crippen molar-refractivity contribution >= 4 is 11.7 Å². The molecule has 0 unspecified atom stereocenters. The lowest BCUT2D eigenvalue weighted by Crippen LogP contribution is -2.37. The zero-order valence-electron chi connectivity index (χ0n) is 18.2. The summed E-state index contributed by atoms with van der Waals surface area (Å²) in [6, 6.07) is 10.7. The first-order chi connectivity index (χ1) is 14.6. The fraction of sp³-hybridized carbons (Fsp3) is 0.542. The third-order valence-electron chi connectivity index (χ3n) is 6.41. The van der Waals surface area contributed by atoms with E-state index >= 15 is 0 Å². The predicted octanol–water partition coefficient (Wildman–Crippen LogP) is 3.24. The number of nitrogens with zero attached hydrogens (tertiary/aromatic N) is 4. The molecule has 1 saturated heterocycles. The standard InChI is InChI=1S/C24H33N5O/c1-18(30)29-15-12-22-21(17-29)24(25-2)27-23(26-22)20-11-7-14-28(16-20)13-6-10-19-8-4-3-5-9-19/h3-5,8-9,20H,6-7,10-17H2,1-2H3,(H,25,26,27)/t20-/m1/s1. The quantitative estimate of drug-likeness (QED) is 0.797. The van der Waals surface area contributed by atoms with Crippen LogP contribution in [0.4, 0.5) is 5.82 Å². The van der Waals surface area contributed by atoms with Crippen LogP contribution in [0.3, 0.4) is 0 Å². The molecule has 1 atom stereocenters. The van der Waals surface area contributed by atoms with Crippen molar-refractivity contribution in [1.82, 2.24) is 19.8 Å². The highest BCUT2D eigenvalue weighted by molar-refractivity contribution is 5.74. The van der Waals surface area contributed by atoms with Crippen molar-refractivity contribution in [1.29, 1.82) is 0 Å². The number of piperidine rings is 1. The van der Waals surface area contributed by atoms with Gasteiger partial charge < -0.3 is 15.1 Å². The number of nitrogens with one attached hydrogen (secondary N) is 1. The van der Waals surface area contributed by atoms with Crippen LogP contribution in [0.2, 0.25) is 0 Å². The predicted molar refractivity (Wildman–Crippen MR) is 120 cm³/mol. The highest BCUT2D eigenvalue weighted by Crippen LogP contribution is 2.30. The van der Waals surface area contributed by atoms with E-state index in [2.05, 4.69) is 40.5 Å². The fourth-order valence-corrected chi connectivity index (χ4v) is 4.71. The Morgan fingerprint density at radius 1 is 1.20 bits per heavy atom. The van der Waals surface area contributed by atoms with Crippen LogP contribution in [-0.4, -0.2) is 58.9 Å². The Balaban J connectivity index is 1.41. The van der Waals surface area contributed by atoms with Crippen LogP contribution < -0.4 is 5.32 Å². The Kier molecular flexibility index (Phi) is 6.62. The molecule has 3 heterocycles. The van der Waals surface area contributed by atoms with E-state index in [9.17, 15) is 4.79 Å². The summed E-state index contributed by atoms with van der Waals surface area (Å²) >= 11 is 0. The Labute approximate surface area is 179 Å². The van der Waals surface area contributed by atoms with Crippen LogP contribution >= 0.6 is 0 Å². The molecular weight excluding hydrogens is 374 g/mol. The normalized spacial score (nSPS) is 19.4. The van der Waals surface area contributed by atoms with Gasteiger partial charge in [-0.1, -0.05) is 30.3 Å². The Morgan fingerprint density at radius 3 is 2.80 bits per heavy atom. The van der Waals surface area contributed by atoms with Crippen molar-refractivity contribution in [3.8, 4) is 0 Å². The minimum Gasteiger partial charge on any atom is -0.373 e. The number of likely N-dealkylation sites (tertiary alicyclic amines) is 1. The van der Waals surface area contributed by atoms with E-state index in [0.717, 1.165) is 61.8 Å². The van der Waals surface area contributed by atoms with E-state index in [1.54, 1.807) is 6.92 Å². The summed E-state index contributed by atoms with van der Waals surface area (Å²) in [5.74, 6) is 2.37. The second kappa shape index (κ2) is 9.56. The largest absolute Gasteiger partial charge is 0.373 e. The van der Waals surface area contributed by atoms with Crippen molar-refractivity contribution in [2.24, 2.45) is 0 Å². The van der Waals surface area contributed by atoms with Gasteiger partial charge >= 0.3 is 0 Å². The topological polar surface area (TPSA) is 61.4 Å². The summed E-state index contributed by atoms with van der Waals surface area (Å²) in [6.07, 6.45) is 5.48. The van der Waals surface area contributed by atoms with Crippen LogP contribution in [0.1, 0.15) is 54.7 Å². The lowest BCUT2D eigenvalue weighted by molar-refractivity contribution is -0.129. The number of anilines is 1. The summed E-state index contributed by atoms with van der Waals surface area (Å²) in [6.45, 7) is 6.32. The highest BCUT2D eigenvalue weighted by Gasteiger charge is 2.28. The molecule has 0 bridgehead atoms. The number of fused-ring (bicyclic) bond motifs is 1. The minimum atomic E-state index is 0.116. The van der Waals surface area contributed by atoms with E-state index in [0.29, 0.717) is 12.5 Å². The Hall–Kier alpha value is -2.47. The average Bonchev–Trinajstić information content (AvgIpc) is 2.79. The molecule has 2 aromatic rings. The zero-order chi connectivity index (χ0) is 20.9. The van der Waals surface area contributed by atoms with E-state index < -0.39 is 0 Å². The molecule has 2 aliphatic rings. The highest BCUT2D eigenvalue weighted by atomic mass is 16.2. The molecule has 2 aliphatic heterocycles. The third kappa shape index (κ3) is 4.81. The monoisotopic (exact) mass is 407 g/mol. The molecule has 0 saturated carbocycles. The first-order valence-corrected chi connectivity index (χ1v) is 11.2. The number of amides is 1. The molecule has 160 valence electrons. The van der Waals surface area contributed by atoms with E-state index in [-0.39, 0.29) is 5.91 Å². The number of aryl methyl sites for hydroxylation is 1. The molecule has 6 nitrogen and oxygen atoms in total. The van der Waals surface area contributed by atoms with Gasteiger partial charge in [0.25, 0.3) is 0 Å². The van der Waals surface area contributed by atoms with Gasteiger partial charge in [-0.3, -0.25) is 4.79 Å². The van der Waals surface area contributed by atoms with Crippen molar-refractivity contribution < 1.29 is 4.79 Å². The number of benzene rings is 1. The van der Waals surface area contributed by atoms with E-state index in [1.165, 1.54) is 24.9 Å². The molecular formula is C24H33N5O. The van der Waals surface area contributed by atoms with Crippen LogP contribution in [0.5, 0.6) is 0 Å². The molecule has 1 aromatic carbocycles. The van der Waals surface area contributed by atoms with Crippen LogP contribution in [-0.2, 0) is 24.2 Å². The molecule has 0 aliphatic carbocycles. The summed E-state index contributed by atoms with van der Waals surface area (Å²) in [5, 5.41) is 3.26. The maximum atomic E-state index is 11.8. The maximum absolute atomic E-state index is 11.8. The molecule has 1 amide bonds. The first-order valence-electron chi connectivity index (χ1n) is 11.2. The van der Waals surface area contributed by atoms with Gasteiger partial charge in [0.2, 0.25) is 5.91 Å². The van der Waals surface area contributed by atoms with Gasteiger partial charge in [0, 0.05) is 45.0 Å².